The molecule has 0 atom stereocenters. The van der Waals surface area contributed by atoms with Crippen LogP contribution in [-0.4, -0.2) is 19.3 Å². The van der Waals surface area contributed by atoms with Gasteiger partial charge in [0.05, 0.1) is 20.8 Å². The van der Waals surface area contributed by atoms with Crippen molar-refractivity contribution in [2.75, 3.05) is 19.5 Å². The third-order valence-electron chi connectivity index (χ3n) is 3.08. The average molecular weight is 273 g/mol. The van der Waals surface area contributed by atoms with E-state index in [-0.39, 0.29) is 6.61 Å². The molecule has 2 N–H and O–H groups in total. The number of methoxy groups -OCH3 is 2. The molecule has 0 bridgehead atoms. The van der Waals surface area contributed by atoms with Crippen LogP contribution < -0.4 is 14.8 Å². The van der Waals surface area contributed by atoms with E-state index < -0.39 is 0 Å². The third kappa shape index (κ3) is 3.42. The van der Waals surface area contributed by atoms with Crippen LogP contribution in [0.2, 0.25) is 0 Å². The number of hydrogen-bond donors (Lipinski definition) is 2. The highest BCUT2D eigenvalue weighted by atomic mass is 16.5. The van der Waals surface area contributed by atoms with Crippen LogP contribution in [0, 0.1) is 0 Å². The number of aliphatic hydroxyl groups excluding tert-OH is 1. The number of rotatable bonds is 6. The van der Waals surface area contributed by atoms with E-state index in [0.717, 1.165) is 28.3 Å². The molecule has 2 rings (SSSR count). The number of benzene rings is 2. The van der Waals surface area contributed by atoms with Crippen LogP contribution in [-0.2, 0) is 13.2 Å². The summed E-state index contributed by atoms with van der Waals surface area (Å²) in [5, 5.41) is 12.6. The lowest BCUT2D eigenvalue weighted by molar-refractivity contribution is 0.282. The van der Waals surface area contributed by atoms with Crippen molar-refractivity contribution in [3.8, 4) is 11.5 Å². The standard InChI is InChI=1S/C16H19NO3/c1-19-14-7-12(8-15(9-14)20-2)10-17-16-6-4-3-5-13(16)11-18/h3-9,17-18H,10-11H2,1-2H3. The van der Waals surface area contributed by atoms with Gasteiger partial charge in [0, 0.05) is 23.9 Å². The van der Waals surface area contributed by atoms with Crippen molar-refractivity contribution in [2.24, 2.45) is 0 Å². The summed E-state index contributed by atoms with van der Waals surface area (Å²) in [6, 6.07) is 13.4. The molecular weight excluding hydrogens is 254 g/mol. The highest BCUT2D eigenvalue weighted by Gasteiger charge is 2.04. The fourth-order valence-electron chi connectivity index (χ4n) is 2.00. The molecule has 2 aromatic rings. The molecule has 0 heterocycles. The van der Waals surface area contributed by atoms with Crippen LogP contribution in [0.1, 0.15) is 11.1 Å². The van der Waals surface area contributed by atoms with E-state index in [2.05, 4.69) is 5.32 Å². The molecule has 0 saturated heterocycles. The van der Waals surface area contributed by atoms with Gasteiger partial charge in [-0.25, -0.2) is 0 Å². The summed E-state index contributed by atoms with van der Waals surface area (Å²) in [6.07, 6.45) is 0. The van der Waals surface area contributed by atoms with Crippen LogP contribution in [0.15, 0.2) is 42.5 Å². The lowest BCUT2D eigenvalue weighted by atomic mass is 10.1. The largest absolute Gasteiger partial charge is 0.497 e. The second kappa shape index (κ2) is 6.82. The second-order valence-electron chi connectivity index (χ2n) is 4.39. The zero-order valence-corrected chi connectivity index (χ0v) is 11.7. The van der Waals surface area contributed by atoms with Crippen LogP contribution in [0.25, 0.3) is 0 Å². The zero-order chi connectivity index (χ0) is 14.4. The number of anilines is 1. The number of hydrogen-bond acceptors (Lipinski definition) is 4. The summed E-state index contributed by atoms with van der Waals surface area (Å²) >= 11 is 0. The molecule has 0 unspecified atom stereocenters. The SMILES string of the molecule is COc1cc(CNc2ccccc2CO)cc(OC)c1. The molecule has 20 heavy (non-hydrogen) atoms. The van der Waals surface area contributed by atoms with Gasteiger partial charge in [-0.1, -0.05) is 18.2 Å². The van der Waals surface area contributed by atoms with Crippen LogP contribution >= 0.6 is 0 Å². The van der Waals surface area contributed by atoms with Gasteiger partial charge in [-0.2, -0.15) is 0 Å². The van der Waals surface area contributed by atoms with Crippen molar-refractivity contribution in [1.82, 2.24) is 0 Å². The molecule has 106 valence electrons. The Balaban J connectivity index is 2.14. The Morgan fingerprint density at radius 1 is 1.00 bits per heavy atom. The predicted octanol–water partition coefficient (Wildman–Crippen LogP) is 2.81. The zero-order valence-electron chi connectivity index (χ0n) is 11.7. The maximum absolute atomic E-state index is 9.30. The molecule has 2 aromatic carbocycles. The molecule has 0 aliphatic heterocycles. The van der Waals surface area contributed by atoms with Crippen LogP contribution in [0.3, 0.4) is 0 Å². The van der Waals surface area contributed by atoms with Gasteiger partial charge in [0.1, 0.15) is 11.5 Å². The van der Waals surface area contributed by atoms with Gasteiger partial charge in [-0.15, -0.1) is 0 Å². The average Bonchev–Trinajstić information content (AvgIpc) is 2.52. The van der Waals surface area contributed by atoms with E-state index in [9.17, 15) is 5.11 Å². The maximum atomic E-state index is 9.30. The van der Waals surface area contributed by atoms with E-state index in [1.165, 1.54) is 0 Å². The Morgan fingerprint density at radius 2 is 1.65 bits per heavy atom. The first-order valence-corrected chi connectivity index (χ1v) is 6.41. The highest BCUT2D eigenvalue weighted by molar-refractivity contribution is 5.51. The fraction of sp³-hybridized carbons (Fsp3) is 0.250. The minimum atomic E-state index is 0.0185. The lowest BCUT2D eigenvalue weighted by Crippen LogP contribution is -2.03. The van der Waals surface area contributed by atoms with Gasteiger partial charge < -0.3 is 19.9 Å². The molecule has 0 radical (unpaired) electrons. The Kier molecular flexibility index (Phi) is 4.85. The summed E-state index contributed by atoms with van der Waals surface area (Å²) in [5.41, 5.74) is 2.85. The molecule has 4 nitrogen and oxygen atoms in total. The van der Waals surface area contributed by atoms with Gasteiger partial charge in [-0.05, 0) is 23.8 Å². The van der Waals surface area contributed by atoms with Gasteiger partial charge in [0.2, 0.25) is 0 Å². The van der Waals surface area contributed by atoms with Crippen molar-refractivity contribution < 1.29 is 14.6 Å². The Bertz CT molecular complexity index is 547. The Hall–Kier alpha value is -2.20. The van der Waals surface area contributed by atoms with Gasteiger partial charge in [-0.3, -0.25) is 0 Å². The number of aliphatic hydroxyl groups is 1. The van der Waals surface area contributed by atoms with Crippen molar-refractivity contribution in [3.05, 3.63) is 53.6 Å². The van der Waals surface area contributed by atoms with Crippen LogP contribution in [0.5, 0.6) is 11.5 Å². The van der Waals surface area contributed by atoms with Crippen molar-refractivity contribution in [1.29, 1.82) is 0 Å². The molecular formula is C16H19NO3. The summed E-state index contributed by atoms with van der Waals surface area (Å²) in [6.45, 7) is 0.648. The molecule has 0 saturated carbocycles. The van der Waals surface area contributed by atoms with E-state index in [1.54, 1.807) is 14.2 Å². The maximum Gasteiger partial charge on any atom is 0.122 e. The van der Waals surface area contributed by atoms with Crippen molar-refractivity contribution in [2.45, 2.75) is 13.2 Å². The molecule has 4 heteroatoms. The molecule has 0 spiro atoms. The minimum Gasteiger partial charge on any atom is -0.497 e. The quantitative estimate of drug-likeness (QED) is 0.849. The van der Waals surface area contributed by atoms with E-state index in [0.29, 0.717) is 6.54 Å². The summed E-state index contributed by atoms with van der Waals surface area (Å²) in [7, 11) is 3.26. The van der Waals surface area contributed by atoms with Gasteiger partial charge >= 0.3 is 0 Å². The highest BCUT2D eigenvalue weighted by Crippen LogP contribution is 2.23. The first kappa shape index (κ1) is 14.2. The summed E-state index contributed by atoms with van der Waals surface area (Å²) in [5.74, 6) is 1.52. The smallest absolute Gasteiger partial charge is 0.122 e. The van der Waals surface area contributed by atoms with Crippen molar-refractivity contribution in [3.63, 3.8) is 0 Å². The fourth-order valence-corrected chi connectivity index (χ4v) is 2.00. The Morgan fingerprint density at radius 3 is 2.25 bits per heavy atom. The summed E-state index contributed by atoms with van der Waals surface area (Å²) in [4.78, 5) is 0. The molecule has 0 amide bonds. The molecule has 0 fully saturated rings. The third-order valence-corrected chi connectivity index (χ3v) is 3.08. The molecule has 0 aromatic heterocycles. The Labute approximate surface area is 119 Å². The van der Waals surface area contributed by atoms with Gasteiger partial charge in [0.15, 0.2) is 0 Å². The first-order chi connectivity index (χ1) is 9.76. The lowest BCUT2D eigenvalue weighted by Gasteiger charge is -2.12. The minimum absolute atomic E-state index is 0.0185. The first-order valence-electron chi connectivity index (χ1n) is 6.41. The normalized spacial score (nSPS) is 10.2. The van der Waals surface area contributed by atoms with E-state index >= 15 is 0 Å². The number of para-hydroxylation sites is 1. The number of nitrogens with one attached hydrogen (secondary N) is 1. The van der Waals surface area contributed by atoms with Crippen LogP contribution in [0.4, 0.5) is 5.69 Å². The second-order valence-corrected chi connectivity index (χ2v) is 4.39. The monoisotopic (exact) mass is 273 g/mol. The topological polar surface area (TPSA) is 50.7 Å². The molecule has 0 aliphatic carbocycles. The predicted molar refractivity (Wildman–Crippen MR) is 79.2 cm³/mol. The van der Waals surface area contributed by atoms with E-state index in [4.69, 9.17) is 9.47 Å². The number of ether oxygens (including phenoxy) is 2. The van der Waals surface area contributed by atoms with Gasteiger partial charge in [0.25, 0.3) is 0 Å². The van der Waals surface area contributed by atoms with E-state index in [1.807, 2.05) is 42.5 Å². The summed E-state index contributed by atoms with van der Waals surface area (Å²) < 4.78 is 10.5. The molecule has 0 aliphatic rings. The van der Waals surface area contributed by atoms with Crippen molar-refractivity contribution >= 4 is 5.69 Å².